The van der Waals surface area contributed by atoms with Crippen LogP contribution in [0.25, 0.3) is 0 Å². The van der Waals surface area contributed by atoms with Crippen molar-refractivity contribution in [3.05, 3.63) is 93.0 Å². The molecule has 0 saturated carbocycles. The molecule has 0 spiro atoms. The lowest BCUT2D eigenvalue weighted by atomic mass is 9.90. The number of anilines is 2. The van der Waals surface area contributed by atoms with E-state index in [1.165, 1.54) is 55.9 Å². The standard InChI is InChI=1S/C21H30N4.C12H18/c1-22(2)20-9-5-18(6-10-20)15-24-13-14-25(17-24)16-19-7-11-21(12-8-19)23(3)4;1-7-8(2)10(4)12(6)11(5)9(7)3/h5-12H,13-17H2,1-4H3;1-6H3. The molecule has 4 rings (SSSR count). The maximum Gasteiger partial charge on any atom is 0.0513 e. The molecule has 4 heteroatoms. The van der Waals surface area contributed by atoms with Crippen LogP contribution in [0, 0.1) is 41.5 Å². The average molecular weight is 501 g/mol. The van der Waals surface area contributed by atoms with Crippen LogP contribution in [0.2, 0.25) is 0 Å². The Kier molecular flexibility index (Phi) is 9.80. The van der Waals surface area contributed by atoms with Gasteiger partial charge >= 0.3 is 0 Å². The molecule has 0 amide bonds. The lowest BCUT2D eigenvalue weighted by Crippen LogP contribution is -2.25. The van der Waals surface area contributed by atoms with Gasteiger partial charge in [-0.2, -0.15) is 0 Å². The molecular formula is C33H48N4. The van der Waals surface area contributed by atoms with Gasteiger partial charge in [-0.1, -0.05) is 24.3 Å². The molecule has 1 heterocycles. The smallest absolute Gasteiger partial charge is 0.0513 e. The van der Waals surface area contributed by atoms with Gasteiger partial charge in [0.05, 0.1) is 6.67 Å². The summed E-state index contributed by atoms with van der Waals surface area (Å²) < 4.78 is 0. The van der Waals surface area contributed by atoms with Gasteiger partial charge in [-0.25, -0.2) is 0 Å². The molecule has 3 aromatic carbocycles. The van der Waals surface area contributed by atoms with E-state index >= 15 is 0 Å². The second kappa shape index (κ2) is 12.6. The highest BCUT2D eigenvalue weighted by molar-refractivity contribution is 5.49. The Morgan fingerprint density at radius 2 is 0.757 bits per heavy atom. The topological polar surface area (TPSA) is 13.0 Å². The number of hydrogen-bond acceptors (Lipinski definition) is 4. The fraction of sp³-hybridized carbons (Fsp3) is 0.455. The summed E-state index contributed by atoms with van der Waals surface area (Å²) in [5.41, 5.74) is 14.0. The van der Waals surface area contributed by atoms with Gasteiger partial charge in [0.1, 0.15) is 0 Å². The molecule has 3 aromatic rings. The SMILES string of the molecule is CN(C)c1ccc(CN2CCN(Cc3ccc(N(C)C)cc3)C2)cc1.Cc1c(C)c(C)c(C)c(C)c1C. The van der Waals surface area contributed by atoms with E-state index in [1.54, 1.807) is 0 Å². The largest absolute Gasteiger partial charge is 0.378 e. The van der Waals surface area contributed by atoms with Crippen molar-refractivity contribution in [2.24, 2.45) is 0 Å². The zero-order chi connectivity index (χ0) is 27.3. The highest BCUT2D eigenvalue weighted by Gasteiger charge is 2.20. The average Bonchev–Trinajstić information content (AvgIpc) is 3.32. The second-order valence-electron chi connectivity index (χ2n) is 11.1. The van der Waals surface area contributed by atoms with Crippen LogP contribution < -0.4 is 9.80 Å². The highest BCUT2D eigenvalue weighted by atomic mass is 15.4. The van der Waals surface area contributed by atoms with Crippen LogP contribution >= 0.6 is 0 Å². The van der Waals surface area contributed by atoms with Crippen LogP contribution in [0.1, 0.15) is 44.5 Å². The summed E-state index contributed by atoms with van der Waals surface area (Å²) in [4.78, 5) is 9.34. The van der Waals surface area contributed by atoms with E-state index in [-0.39, 0.29) is 0 Å². The first kappa shape index (κ1) is 28.7. The Hall–Kier alpha value is -2.82. The molecule has 1 aliphatic heterocycles. The Bertz CT molecular complexity index is 996. The summed E-state index contributed by atoms with van der Waals surface area (Å²) in [6.07, 6.45) is 0. The minimum atomic E-state index is 1.03. The summed E-state index contributed by atoms with van der Waals surface area (Å²) in [5.74, 6) is 0. The fourth-order valence-corrected chi connectivity index (χ4v) is 4.97. The van der Waals surface area contributed by atoms with Crippen LogP contribution in [-0.2, 0) is 13.1 Å². The van der Waals surface area contributed by atoms with E-state index in [1.807, 2.05) is 0 Å². The Labute approximate surface area is 226 Å². The molecule has 0 N–H and O–H groups in total. The van der Waals surface area contributed by atoms with Gasteiger partial charge in [-0.15, -0.1) is 0 Å². The van der Waals surface area contributed by atoms with Crippen LogP contribution in [-0.4, -0.2) is 57.7 Å². The lowest BCUT2D eigenvalue weighted by Gasteiger charge is -2.19. The van der Waals surface area contributed by atoms with E-state index in [0.717, 1.165) is 32.8 Å². The van der Waals surface area contributed by atoms with Gasteiger partial charge in [0.25, 0.3) is 0 Å². The number of rotatable bonds is 6. The predicted octanol–water partition coefficient (Wildman–Crippen LogP) is 6.63. The third-order valence-electron chi connectivity index (χ3n) is 8.23. The zero-order valence-electron chi connectivity index (χ0n) is 24.9. The van der Waals surface area contributed by atoms with E-state index < -0.39 is 0 Å². The molecule has 1 saturated heterocycles. The molecular weight excluding hydrogens is 452 g/mol. The third kappa shape index (κ3) is 7.37. The first-order valence-corrected chi connectivity index (χ1v) is 13.5. The minimum absolute atomic E-state index is 1.03. The molecule has 0 unspecified atom stereocenters. The van der Waals surface area contributed by atoms with E-state index in [4.69, 9.17) is 0 Å². The molecule has 0 atom stereocenters. The zero-order valence-corrected chi connectivity index (χ0v) is 24.9. The summed E-state index contributed by atoms with van der Waals surface area (Å²) in [7, 11) is 8.33. The van der Waals surface area contributed by atoms with Crippen LogP contribution in [0.3, 0.4) is 0 Å². The van der Waals surface area contributed by atoms with Gasteiger partial charge in [-0.3, -0.25) is 9.80 Å². The third-order valence-corrected chi connectivity index (χ3v) is 8.23. The number of nitrogens with zero attached hydrogens (tertiary/aromatic N) is 4. The maximum atomic E-state index is 2.53. The number of benzene rings is 3. The Balaban J connectivity index is 0.000000266. The minimum Gasteiger partial charge on any atom is -0.378 e. The summed E-state index contributed by atoms with van der Waals surface area (Å²) >= 11 is 0. The second-order valence-corrected chi connectivity index (χ2v) is 11.1. The first-order valence-electron chi connectivity index (χ1n) is 13.5. The van der Waals surface area contributed by atoms with Gasteiger partial charge in [0.15, 0.2) is 0 Å². The molecule has 0 bridgehead atoms. The van der Waals surface area contributed by atoms with Crippen molar-refractivity contribution in [2.75, 3.05) is 57.7 Å². The predicted molar refractivity (Wildman–Crippen MR) is 162 cm³/mol. The molecule has 37 heavy (non-hydrogen) atoms. The van der Waals surface area contributed by atoms with Crippen LogP contribution in [0.4, 0.5) is 11.4 Å². The van der Waals surface area contributed by atoms with Crippen molar-refractivity contribution >= 4 is 11.4 Å². The van der Waals surface area contributed by atoms with Crippen molar-refractivity contribution in [2.45, 2.75) is 54.6 Å². The lowest BCUT2D eigenvalue weighted by molar-refractivity contribution is 0.235. The Morgan fingerprint density at radius 1 is 0.486 bits per heavy atom. The molecule has 0 aliphatic carbocycles. The Morgan fingerprint density at radius 3 is 1.00 bits per heavy atom. The van der Waals surface area contributed by atoms with Crippen molar-refractivity contribution in [3.8, 4) is 0 Å². The van der Waals surface area contributed by atoms with E-state index in [2.05, 4.69) is 138 Å². The molecule has 0 aromatic heterocycles. The normalized spacial score (nSPS) is 13.9. The van der Waals surface area contributed by atoms with Crippen LogP contribution in [0.5, 0.6) is 0 Å². The summed E-state index contributed by atoms with van der Waals surface area (Å²) in [5, 5.41) is 0. The monoisotopic (exact) mass is 500 g/mol. The van der Waals surface area contributed by atoms with E-state index in [9.17, 15) is 0 Å². The van der Waals surface area contributed by atoms with Crippen molar-refractivity contribution < 1.29 is 0 Å². The maximum absolute atomic E-state index is 2.53. The van der Waals surface area contributed by atoms with Gasteiger partial charge in [-0.05, 0) is 110 Å². The number of hydrogen-bond donors (Lipinski definition) is 0. The molecule has 1 fully saturated rings. The van der Waals surface area contributed by atoms with Crippen molar-refractivity contribution in [1.82, 2.24) is 9.80 Å². The van der Waals surface area contributed by atoms with Gasteiger partial charge < -0.3 is 9.80 Å². The fourth-order valence-electron chi connectivity index (χ4n) is 4.97. The van der Waals surface area contributed by atoms with Gasteiger partial charge in [0, 0.05) is 65.7 Å². The molecule has 200 valence electrons. The van der Waals surface area contributed by atoms with Crippen molar-refractivity contribution in [3.63, 3.8) is 0 Å². The first-order chi connectivity index (χ1) is 17.5. The quantitative estimate of drug-likeness (QED) is 0.376. The van der Waals surface area contributed by atoms with Crippen LogP contribution in [0.15, 0.2) is 48.5 Å². The summed E-state index contributed by atoms with van der Waals surface area (Å²) in [6.45, 7) is 18.7. The summed E-state index contributed by atoms with van der Waals surface area (Å²) in [6, 6.07) is 17.8. The van der Waals surface area contributed by atoms with E-state index in [0.29, 0.717) is 0 Å². The highest BCUT2D eigenvalue weighted by Crippen LogP contribution is 2.25. The van der Waals surface area contributed by atoms with Gasteiger partial charge in [0.2, 0.25) is 0 Å². The molecule has 4 nitrogen and oxygen atoms in total. The molecule has 0 radical (unpaired) electrons. The molecule has 1 aliphatic rings. The van der Waals surface area contributed by atoms with Crippen molar-refractivity contribution in [1.29, 1.82) is 0 Å².